The minimum absolute atomic E-state index is 0. The lowest BCUT2D eigenvalue weighted by molar-refractivity contribution is 1.21. The number of thiazole rings is 2. The highest BCUT2D eigenvalue weighted by molar-refractivity contribution is 8.93. The van der Waals surface area contributed by atoms with Crippen LogP contribution >= 0.6 is 51.0 Å². The quantitative estimate of drug-likeness (QED) is 0.479. The fourth-order valence-corrected chi connectivity index (χ4v) is 4.50. The topological polar surface area (TPSA) is 30.2 Å². The summed E-state index contributed by atoms with van der Waals surface area (Å²) in [6.45, 7) is 2.04. The van der Waals surface area contributed by atoms with Crippen LogP contribution < -0.4 is 0 Å². The Labute approximate surface area is 138 Å². The van der Waals surface area contributed by atoms with Crippen molar-refractivity contribution in [1.29, 1.82) is 0 Å². The number of fused-ring (bicyclic) bond motifs is 1. The SMILES string of the molecule is Br.Cc1nc2sccn2c1-c1nc(-c2cccs2)cs1. The summed E-state index contributed by atoms with van der Waals surface area (Å²) in [7, 11) is 0. The molecule has 4 aromatic rings. The number of halogens is 1. The Hall–Kier alpha value is -1.02. The zero-order chi connectivity index (χ0) is 12.8. The molecule has 0 amide bonds. The van der Waals surface area contributed by atoms with E-state index in [9.17, 15) is 0 Å². The number of thiophene rings is 1. The molecule has 0 spiro atoms. The summed E-state index contributed by atoms with van der Waals surface area (Å²) in [6.07, 6.45) is 2.06. The maximum atomic E-state index is 4.76. The molecule has 7 heteroatoms. The summed E-state index contributed by atoms with van der Waals surface area (Å²) in [5, 5.41) is 7.29. The summed E-state index contributed by atoms with van der Waals surface area (Å²) in [5.41, 5.74) is 3.21. The van der Waals surface area contributed by atoms with E-state index >= 15 is 0 Å². The van der Waals surface area contributed by atoms with Gasteiger partial charge in [-0.25, -0.2) is 9.97 Å². The molecular formula is C13H10BrN3S3. The third-order valence-electron chi connectivity index (χ3n) is 2.92. The van der Waals surface area contributed by atoms with Gasteiger partial charge >= 0.3 is 0 Å². The molecule has 0 bridgehead atoms. The summed E-state index contributed by atoms with van der Waals surface area (Å²) in [5.74, 6) is 0. The minimum atomic E-state index is 0. The highest BCUT2D eigenvalue weighted by Crippen LogP contribution is 2.33. The Balaban J connectivity index is 0.00000121. The normalized spacial score (nSPS) is 10.8. The second-order valence-electron chi connectivity index (χ2n) is 4.12. The summed E-state index contributed by atoms with van der Waals surface area (Å²) in [4.78, 5) is 11.6. The average molecular weight is 384 g/mol. The van der Waals surface area contributed by atoms with Gasteiger partial charge in [0.1, 0.15) is 10.7 Å². The van der Waals surface area contributed by atoms with E-state index < -0.39 is 0 Å². The Morgan fingerprint density at radius 2 is 2.00 bits per heavy atom. The molecule has 4 aromatic heterocycles. The number of nitrogens with zero attached hydrogens (tertiary/aromatic N) is 3. The highest BCUT2D eigenvalue weighted by atomic mass is 79.9. The predicted molar refractivity (Wildman–Crippen MR) is 92.5 cm³/mol. The van der Waals surface area contributed by atoms with Crippen LogP contribution in [-0.4, -0.2) is 14.4 Å². The van der Waals surface area contributed by atoms with E-state index in [1.807, 2.05) is 6.92 Å². The Kier molecular flexibility index (Phi) is 3.76. The first-order chi connectivity index (χ1) is 9.33. The smallest absolute Gasteiger partial charge is 0.194 e. The number of imidazole rings is 1. The highest BCUT2D eigenvalue weighted by Gasteiger charge is 2.15. The minimum Gasteiger partial charge on any atom is -0.288 e. The van der Waals surface area contributed by atoms with Crippen LogP contribution in [0.2, 0.25) is 0 Å². The zero-order valence-electron chi connectivity index (χ0n) is 10.4. The van der Waals surface area contributed by atoms with Gasteiger partial charge in [0.15, 0.2) is 4.96 Å². The Morgan fingerprint density at radius 3 is 2.80 bits per heavy atom. The van der Waals surface area contributed by atoms with E-state index in [2.05, 4.69) is 43.9 Å². The van der Waals surface area contributed by atoms with E-state index in [1.165, 1.54) is 4.88 Å². The van der Waals surface area contributed by atoms with Crippen molar-refractivity contribution in [3.8, 4) is 21.3 Å². The predicted octanol–water partition coefficient (Wildman–Crippen LogP) is 5.13. The first kappa shape index (κ1) is 13.9. The number of aryl methyl sites for hydroxylation is 1. The summed E-state index contributed by atoms with van der Waals surface area (Å²) < 4.78 is 2.12. The van der Waals surface area contributed by atoms with Gasteiger partial charge in [-0.3, -0.25) is 4.40 Å². The maximum absolute atomic E-state index is 4.76. The molecular weight excluding hydrogens is 374 g/mol. The second kappa shape index (κ2) is 5.40. The van der Waals surface area contributed by atoms with E-state index in [0.29, 0.717) is 0 Å². The van der Waals surface area contributed by atoms with Crippen LogP contribution in [-0.2, 0) is 0 Å². The molecule has 0 aliphatic carbocycles. The van der Waals surface area contributed by atoms with Gasteiger partial charge in [-0.05, 0) is 18.4 Å². The van der Waals surface area contributed by atoms with E-state index in [4.69, 9.17) is 4.98 Å². The summed E-state index contributed by atoms with van der Waals surface area (Å²) >= 11 is 5.05. The first-order valence-corrected chi connectivity index (χ1v) is 8.39. The maximum Gasteiger partial charge on any atom is 0.194 e. The van der Waals surface area contributed by atoms with Crippen LogP contribution in [0.15, 0.2) is 34.5 Å². The molecule has 0 unspecified atom stereocenters. The molecule has 0 saturated carbocycles. The molecule has 20 heavy (non-hydrogen) atoms. The molecule has 0 aliphatic rings. The van der Waals surface area contributed by atoms with Crippen LogP contribution in [0.3, 0.4) is 0 Å². The average Bonchev–Trinajstić information content (AvgIpc) is 3.11. The van der Waals surface area contributed by atoms with Gasteiger partial charge in [0.05, 0.1) is 16.3 Å². The molecule has 102 valence electrons. The zero-order valence-corrected chi connectivity index (χ0v) is 14.6. The number of rotatable bonds is 2. The largest absolute Gasteiger partial charge is 0.288 e. The van der Waals surface area contributed by atoms with E-state index in [1.54, 1.807) is 34.0 Å². The molecule has 0 fully saturated rings. The second-order valence-corrected chi connectivity index (χ2v) is 6.80. The molecule has 4 heterocycles. The van der Waals surface area contributed by atoms with Crippen molar-refractivity contribution in [3.05, 3.63) is 40.2 Å². The van der Waals surface area contributed by atoms with Crippen LogP contribution in [0.25, 0.3) is 26.2 Å². The van der Waals surface area contributed by atoms with Gasteiger partial charge < -0.3 is 0 Å². The lowest BCUT2D eigenvalue weighted by Gasteiger charge is -1.95. The molecule has 0 aliphatic heterocycles. The molecule has 0 aromatic carbocycles. The van der Waals surface area contributed by atoms with Crippen molar-refractivity contribution < 1.29 is 0 Å². The van der Waals surface area contributed by atoms with E-state index in [-0.39, 0.29) is 17.0 Å². The van der Waals surface area contributed by atoms with Gasteiger partial charge in [0, 0.05) is 17.0 Å². The van der Waals surface area contributed by atoms with Gasteiger partial charge in [0.25, 0.3) is 0 Å². The van der Waals surface area contributed by atoms with Gasteiger partial charge in [-0.15, -0.1) is 51.0 Å². The fourth-order valence-electron chi connectivity index (χ4n) is 2.07. The molecule has 0 saturated heterocycles. The number of hydrogen-bond donors (Lipinski definition) is 0. The third-order valence-corrected chi connectivity index (χ3v) is 5.41. The molecule has 0 N–H and O–H groups in total. The Morgan fingerprint density at radius 1 is 1.10 bits per heavy atom. The van der Waals surface area contributed by atoms with Crippen LogP contribution in [0.4, 0.5) is 0 Å². The van der Waals surface area contributed by atoms with E-state index in [0.717, 1.165) is 27.1 Å². The molecule has 4 rings (SSSR count). The number of hydrogen-bond acceptors (Lipinski definition) is 5. The van der Waals surface area contributed by atoms with Crippen molar-refractivity contribution in [2.75, 3.05) is 0 Å². The summed E-state index contributed by atoms with van der Waals surface area (Å²) in [6, 6.07) is 4.16. The van der Waals surface area contributed by atoms with Crippen LogP contribution in [0, 0.1) is 6.92 Å². The van der Waals surface area contributed by atoms with Gasteiger partial charge in [-0.2, -0.15) is 0 Å². The lowest BCUT2D eigenvalue weighted by atomic mass is 10.3. The van der Waals surface area contributed by atoms with Crippen LogP contribution in [0.1, 0.15) is 5.69 Å². The van der Waals surface area contributed by atoms with Crippen molar-refractivity contribution >= 4 is 56.0 Å². The third kappa shape index (κ3) is 2.14. The van der Waals surface area contributed by atoms with Crippen LogP contribution in [0.5, 0.6) is 0 Å². The Bertz CT molecular complexity index is 841. The van der Waals surface area contributed by atoms with Crippen molar-refractivity contribution in [2.45, 2.75) is 6.92 Å². The van der Waals surface area contributed by atoms with Crippen molar-refractivity contribution in [1.82, 2.24) is 14.4 Å². The van der Waals surface area contributed by atoms with Crippen molar-refractivity contribution in [3.63, 3.8) is 0 Å². The molecule has 0 radical (unpaired) electrons. The lowest BCUT2D eigenvalue weighted by Crippen LogP contribution is -1.85. The van der Waals surface area contributed by atoms with Gasteiger partial charge in [-0.1, -0.05) is 6.07 Å². The monoisotopic (exact) mass is 383 g/mol. The number of aromatic nitrogens is 3. The standard InChI is InChI=1S/C13H9N3S3.BrH/c1-8-11(16-4-6-18-13(16)14-8)12-15-9(7-19-12)10-3-2-5-17-10;/h2-7H,1H3;1H. The molecule has 0 atom stereocenters. The first-order valence-electron chi connectivity index (χ1n) is 5.75. The van der Waals surface area contributed by atoms with Crippen molar-refractivity contribution in [2.24, 2.45) is 0 Å². The molecule has 3 nitrogen and oxygen atoms in total. The fraction of sp³-hybridized carbons (Fsp3) is 0.0769. The van der Waals surface area contributed by atoms with Gasteiger partial charge in [0.2, 0.25) is 0 Å².